The molecule has 0 unspecified atom stereocenters. The van der Waals surface area contributed by atoms with Gasteiger partial charge in [-0.25, -0.2) is 9.50 Å². The molecule has 0 spiro atoms. The van der Waals surface area contributed by atoms with Gasteiger partial charge in [-0.1, -0.05) is 26.8 Å². The van der Waals surface area contributed by atoms with Gasteiger partial charge in [-0.05, 0) is 60.9 Å². The maximum absolute atomic E-state index is 6.29. The number of hydrogen-bond donors (Lipinski definition) is 2. The average Bonchev–Trinajstić information content (AvgIpc) is 3.28. The number of nitrogens with zero attached hydrogens (tertiary/aromatic N) is 3. The van der Waals surface area contributed by atoms with E-state index in [1.807, 2.05) is 4.52 Å². The molecule has 0 amide bonds. The van der Waals surface area contributed by atoms with E-state index in [2.05, 4.69) is 67.4 Å². The molecule has 4 aromatic rings. The van der Waals surface area contributed by atoms with E-state index in [0.29, 0.717) is 11.2 Å². The van der Waals surface area contributed by atoms with Crippen molar-refractivity contribution in [2.45, 2.75) is 47.1 Å². The van der Waals surface area contributed by atoms with Crippen LogP contribution in [0.1, 0.15) is 44.9 Å². The van der Waals surface area contributed by atoms with Crippen molar-refractivity contribution in [3.8, 4) is 16.2 Å². The first-order chi connectivity index (χ1) is 14.8. The molecule has 0 aliphatic carbocycles. The Balaban J connectivity index is 1.68. The highest BCUT2D eigenvalue weighted by atomic mass is 32.1. The normalized spacial score (nSPS) is 12.2. The molecule has 0 fully saturated rings. The lowest BCUT2D eigenvalue weighted by molar-refractivity contribution is 0.360. The summed E-state index contributed by atoms with van der Waals surface area (Å²) in [6.07, 6.45) is 3.86. The number of thiophene rings is 1. The van der Waals surface area contributed by atoms with Crippen LogP contribution in [0.2, 0.25) is 0 Å². The van der Waals surface area contributed by atoms with Crippen LogP contribution in [0.3, 0.4) is 0 Å². The number of nitrogens with one attached hydrogen (secondary N) is 1. The maximum atomic E-state index is 6.29. The molecule has 3 N–H and O–H groups in total. The summed E-state index contributed by atoms with van der Waals surface area (Å²) in [5.41, 5.74) is 10.8. The van der Waals surface area contributed by atoms with Crippen molar-refractivity contribution in [1.82, 2.24) is 19.9 Å². The zero-order chi connectivity index (χ0) is 22.2. The lowest BCUT2D eigenvalue weighted by atomic mass is 9.91. The molecular formula is C24H31N5OS. The minimum absolute atomic E-state index is 0.360. The number of fused-ring (bicyclic) bond motifs is 2. The number of benzene rings is 1. The quantitative estimate of drug-likeness (QED) is 0.377. The van der Waals surface area contributed by atoms with Crippen molar-refractivity contribution in [3.63, 3.8) is 0 Å². The van der Waals surface area contributed by atoms with Crippen molar-refractivity contribution in [2.75, 3.05) is 19.4 Å². The molecule has 3 heterocycles. The van der Waals surface area contributed by atoms with Crippen molar-refractivity contribution < 1.29 is 4.74 Å². The van der Waals surface area contributed by atoms with Gasteiger partial charge in [0.1, 0.15) is 17.6 Å². The lowest BCUT2D eigenvalue weighted by Crippen LogP contribution is -2.18. The summed E-state index contributed by atoms with van der Waals surface area (Å²) >= 11 is 1.71. The summed E-state index contributed by atoms with van der Waals surface area (Å²) in [4.78, 5) is 5.39. The average molecular weight is 438 g/mol. The molecule has 31 heavy (non-hydrogen) atoms. The van der Waals surface area contributed by atoms with E-state index in [1.165, 1.54) is 23.7 Å². The number of hydrogen-bond acceptors (Lipinski definition) is 6. The van der Waals surface area contributed by atoms with E-state index in [-0.39, 0.29) is 0 Å². The molecule has 3 aromatic heterocycles. The van der Waals surface area contributed by atoms with Crippen molar-refractivity contribution >= 4 is 32.8 Å². The van der Waals surface area contributed by atoms with Crippen LogP contribution < -0.4 is 15.8 Å². The number of aryl methyl sites for hydroxylation is 1. The lowest BCUT2D eigenvalue weighted by Gasteiger charge is -2.17. The first kappa shape index (κ1) is 21.6. The Kier molecular flexibility index (Phi) is 5.90. The third-order valence-electron chi connectivity index (χ3n) is 5.45. The Morgan fingerprint density at radius 2 is 2.00 bits per heavy atom. The highest BCUT2D eigenvalue weighted by Gasteiger charge is 2.18. The van der Waals surface area contributed by atoms with E-state index in [0.717, 1.165) is 51.6 Å². The maximum Gasteiger partial charge on any atom is 0.152 e. The molecule has 0 atom stereocenters. The van der Waals surface area contributed by atoms with Crippen LogP contribution in [0.15, 0.2) is 30.6 Å². The second-order valence-electron chi connectivity index (χ2n) is 9.29. The first-order valence-corrected chi connectivity index (χ1v) is 11.5. The van der Waals surface area contributed by atoms with Gasteiger partial charge in [0.05, 0.1) is 17.5 Å². The van der Waals surface area contributed by atoms with Gasteiger partial charge in [-0.3, -0.25) is 0 Å². The molecule has 0 radical (unpaired) electrons. The summed E-state index contributed by atoms with van der Waals surface area (Å²) in [6.45, 7) is 10.6. The zero-order valence-corrected chi connectivity index (χ0v) is 19.8. The van der Waals surface area contributed by atoms with Crippen LogP contribution >= 0.6 is 11.3 Å². The fraction of sp³-hybridized carbons (Fsp3) is 0.417. The molecule has 0 aliphatic rings. The molecule has 0 saturated heterocycles. The molecule has 0 bridgehead atoms. The van der Waals surface area contributed by atoms with E-state index < -0.39 is 0 Å². The fourth-order valence-corrected chi connectivity index (χ4v) is 5.11. The highest BCUT2D eigenvalue weighted by molar-refractivity contribution is 7.22. The van der Waals surface area contributed by atoms with Crippen LogP contribution in [-0.2, 0) is 6.54 Å². The molecular weight excluding hydrogens is 406 g/mol. The minimum Gasteiger partial charge on any atom is -0.495 e. The SMILES string of the molecule is COc1cc(C)cc2cc(-c3cc(CNCCCC(C)(C)C)n4ncnc(N)c34)sc12. The van der Waals surface area contributed by atoms with Gasteiger partial charge in [0.2, 0.25) is 0 Å². The molecule has 0 aliphatic heterocycles. The van der Waals surface area contributed by atoms with Crippen LogP contribution in [0, 0.1) is 12.3 Å². The summed E-state index contributed by atoms with van der Waals surface area (Å²) in [7, 11) is 1.72. The Hall–Kier alpha value is -2.64. The summed E-state index contributed by atoms with van der Waals surface area (Å²) < 4.78 is 8.68. The molecule has 6 nitrogen and oxygen atoms in total. The van der Waals surface area contributed by atoms with Crippen LogP contribution in [0.25, 0.3) is 26.0 Å². The number of anilines is 1. The fourth-order valence-electron chi connectivity index (χ4n) is 3.96. The van der Waals surface area contributed by atoms with E-state index in [1.54, 1.807) is 18.4 Å². The Labute approximate surface area is 187 Å². The number of ether oxygens (including phenoxy) is 1. The standard InChI is InChI=1S/C24H31N5OS/c1-15-9-16-11-20(31-22(16)19(10-15)30-5)18-12-17(13-26-8-6-7-24(2,3)4)29-21(18)23(25)27-14-28-29/h9-12,14,26H,6-8,13H2,1-5H3,(H2,25,27,28). The predicted molar refractivity (Wildman–Crippen MR) is 130 cm³/mol. The van der Waals surface area contributed by atoms with Gasteiger partial charge in [-0.2, -0.15) is 5.10 Å². The van der Waals surface area contributed by atoms with Gasteiger partial charge in [-0.15, -0.1) is 11.3 Å². The number of methoxy groups -OCH3 is 1. The molecule has 164 valence electrons. The Bertz CT molecular complexity index is 1220. The topological polar surface area (TPSA) is 77.5 Å². The number of rotatable bonds is 7. The summed E-state index contributed by atoms with van der Waals surface area (Å²) in [5.74, 6) is 1.39. The van der Waals surface area contributed by atoms with Crippen LogP contribution in [0.4, 0.5) is 5.82 Å². The molecule has 0 saturated carbocycles. The van der Waals surface area contributed by atoms with E-state index >= 15 is 0 Å². The first-order valence-electron chi connectivity index (χ1n) is 10.7. The number of aromatic nitrogens is 3. The summed E-state index contributed by atoms with van der Waals surface area (Å²) in [5, 5.41) is 9.23. The molecule has 7 heteroatoms. The van der Waals surface area contributed by atoms with E-state index in [4.69, 9.17) is 10.5 Å². The molecule has 1 aromatic carbocycles. The predicted octanol–water partition coefficient (Wildman–Crippen LogP) is 5.43. The van der Waals surface area contributed by atoms with Crippen molar-refractivity contribution in [1.29, 1.82) is 0 Å². The monoisotopic (exact) mass is 437 g/mol. The minimum atomic E-state index is 0.360. The van der Waals surface area contributed by atoms with Gasteiger partial charge >= 0.3 is 0 Å². The second-order valence-corrected chi connectivity index (χ2v) is 10.3. The van der Waals surface area contributed by atoms with Crippen molar-refractivity contribution in [3.05, 3.63) is 41.9 Å². The summed E-state index contributed by atoms with van der Waals surface area (Å²) in [6, 6.07) is 8.65. The van der Waals surface area contributed by atoms with Gasteiger partial charge in [0, 0.05) is 17.0 Å². The number of nitrogens with two attached hydrogens (primary N) is 1. The third-order valence-corrected chi connectivity index (χ3v) is 6.65. The van der Waals surface area contributed by atoms with Crippen LogP contribution in [0.5, 0.6) is 5.75 Å². The van der Waals surface area contributed by atoms with Crippen LogP contribution in [-0.4, -0.2) is 28.3 Å². The van der Waals surface area contributed by atoms with Gasteiger partial charge in [0.25, 0.3) is 0 Å². The van der Waals surface area contributed by atoms with Crippen molar-refractivity contribution in [2.24, 2.45) is 5.41 Å². The number of nitrogen functional groups attached to an aromatic ring is 1. The Morgan fingerprint density at radius 3 is 2.74 bits per heavy atom. The third kappa shape index (κ3) is 4.52. The smallest absolute Gasteiger partial charge is 0.152 e. The van der Waals surface area contributed by atoms with E-state index in [9.17, 15) is 0 Å². The molecule has 4 rings (SSSR count). The Morgan fingerprint density at radius 1 is 1.19 bits per heavy atom. The highest BCUT2D eigenvalue weighted by Crippen LogP contribution is 2.42. The van der Waals surface area contributed by atoms with Gasteiger partial charge in [0.15, 0.2) is 5.82 Å². The largest absolute Gasteiger partial charge is 0.495 e. The zero-order valence-electron chi connectivity index (χ0n) is 19.0. The van der Waals surface area contributed by atoms with Gasteiger partial charge < -0.3 is 15.8 Å². The second kappa shape index (κ2) is 8.48.